The van der Waals surface area contributed by atoms with Gasteiger partial charge in [0.2, 0.25) is 0 Å². The van der Waals surface area contributed by atoms with Gasteiger partial charge in [-0.3, -0.25) is 0 Å². The van der Waals surface area contributed by atoms with E-state index in [4.69, 9.17) is 24.1 Å². The molecule has 7 nitrogen and oxygen atoms in total. The molecule has 1 saturated carbocycles. The van der Waals surface area contributed by atoms with Crippen molar-refractivity contribution in [1.29, 1.82) is 0 Å². The van der Waals surface area contributed by atoms with Gasteiger partial charge in [0.25, 0.3) is 0 Å². The fourth-order valence-electron chi connectivity index (χ4n) is 5.92. The van der Waals surface area contributed by atoms with Crippen LogP contribution < -0.4 is 9.47 Å². The van der Waals surface area contributed by atoms with Gasteiger partial charge in [0.15, 0.2) is 0 Å². The molecule has 1 aliphatic rings. The van der Waals surface area contributed by atoms with Gasteiger partial charge < -0.3 is 24.1 Å². The average Bonchev–Trinajstić information content (AvgIpc) is 3.06. The third kappa shape index (κ3) is 12.7. The van der Waals surface area contributed by atoms with Crippen molar-refractivity contribution in [1.82, 2.24) is 0 Å². The molecular formula is C38H52O7. The van der Waals surface area contributed by atoms with Gasteiger partial charge in [0.05, 0.1) is 25.4 Å². The predicted octanol–water partition coefficient (Wildman–Crippen LogP) is 7.76. The molecule has 1 fully saturated rings. The van der Waals surface area contributed by atoms with Gasteiger partial charge in [-0.25, -0.2) is 9.59 Å². The van der Waals surface area contributed by atoms with E-state index in [-0.39, 0.29) is 24.1 Å². The highest BCUT2D eigenvalue weighted by Gasteiger charge is 2.29. The highest BCUT2D eigenvalue weighted by molar-refractivity contribution is 5.88. The summed E-state index contributed by atoms with van der Waals surface area (Å²) in [6, 6.07) is 16.8. The average molecular weight is 621 g/mol. The zero-order chi connectivity index (χ0) is 32.4. The van der Waals surface area contributed by atoms with Crippen molar-refractivity contribution in [3.05, 3.63) is 84.0 Å². The second-order valence-electron chi connectivity index (χ2n) is 12.1. The Morgan fingerprint density at radius 1 is 0.800 bits per heavy atom. The van der Waals surface area contributed by atoms with Crippen LogP contribution in [0.25, 0.3) is 0 Å². The fourth-order valence-corrected chi connectivity index (χ4v) is 5.92. The molecule has 0 amide bonds. The molecule has 0 heterocycles. The zero-order valence-electron chi connectivity index (χ0n) is 27.3. The lowest BCUT2D eigenvalue weighted by molar-refractivity contribution is -0.140. The van der Waals surface area contributed by atoms with Gasteiger partial charge in [0.1, 0.15) is 24.7 Å². The highest BCUT2D eigenvalue weighted by Crippen LogP contribution is 2.41. The molecule has 0 aromatic heterocycles. The predicted molar refractivity (Wildman–Crippen MR) is 177 cm³/mol. The number of aliphatic hydroxyl groups is 1. The maximum Gasteiger partial charge on any atom is 0.335 e. The molecule has 2 aromatic rings. The molecule has 7 heteroatoms. The van der Waals surface area contributed by atoms with E-state index in [1.54, 1.807) is 6.92 Å². The van der Waals surface area contributed by atoms with Gasteiger partial charge >= 0.3 is 11.9 Å². The van der Waals surface area contributed by atoms with Crippen LogP contribution in [0.4, 0.5) is 0 Å². The first kappa shape index (κ1) is 35.9. The van der Waals surface area contributed by atoms with Crippen LogP contribution in [0.3, 0.4) is 0 Å². The molecule has 1 N–H and O–H groups in total. The minimum absolute atomic E-state index is 0.0471. The number of benzene rings is 2. The van der Waals surface area contributed by atoms with Crippen LogP contribution in [0.1, 0.15) is 88.7 Å². The van der Waals surface area contributed by atoms with Crippen LogP contribution in [0.5, 0.6) is 11.5 Å². The number of unbranched alkanes of at least 4 members (excludes halogenated alkanes) is 2. The Labute approximate surface area is 269 Å². The number of hydrogen-bond acceptors (Lipinski definition) is 7. The third-order valence-electron chi connectivity index (χ3n) is 8.67. The normalized spacial score (nSPS) is 16.8. The number of carbonyl (C=O) groups excluding carboxylic acids is 2. The van der Waals surface area contributed by atoms with E-state index in [1.807, 2.05) is 24.3 Å². The maximum atomic E-state index is 11.9. The first-order chi connectivity index (χ1) is 21.8. The Bertz CT molecular complexity index is 1190. The van der Waals surface area contributed by atoms with Crippen molar-refractivity contribution in [2.45, 2.75) is 84.0 Å². The summed E-state index contributed by atoms with van der Waals surface area (Å²) in [5.74, 6) is 1.93. The number of aryl methyl sites for hydroxylation is 1. The highest BCUT2D eigenvalue weighted by atomic mass is 16.5. The quantitative estimate of drug-likeness (QED) is 0.0919. The van der Waals surface area contributed by atoms with Crippen molar-refractivity contribution in [3.8, 4) is 11.5 Å². The lowest BCUT2D eigenvalue weighted by atomic mass is 9.72. The Morgan fingerprint density at radius 3 is 1.89 bits per heavy atom. The van der Waals surface area contributed by atoms with Crippen molar-refractivity contribution >= 4 is 11.9 Å². The number of aliphatic hydroxyl groups excluding tert-OH is 1. The summed E-state index contributed by atoms with van der Waals surface area (Å²) in [5.41, 5.74) is 3.10. The topological polar surface area (TPSA) is 91.3 Å². The molecule has 45 heavy (non-hydrogen) atoms. The van der Waals surface area contributed by atoms with Crippen LogP contribution in [-0.2, 0) is 25.5 Å². The fraction of sp³-hybridized carbons (Fsp3) is 0.526. The first-order valence-electron chi connectivity index (χ1n) is 16.5. The van der Waals surface area contributed by atoms with Gasteiger partial charge in [-0.1, -0.05) is 57.2 Å². The summed E-state index contributed by atoms with van der Waals surface area (Å²) in [6.07, 6.45) is 10.5. The van der Waals surface area contributed by atoms with Gasteiger partial charge in [0, 0.05) is 5.57 Å². The van der Waals surface area contributed by atoms with Crippen molar-refractivity contribution in [3.63, 3.8) is 0 Å². The molecule has 1 atom stereocenters. The Hall–Kier alpha value is -3.58. The number of esters is 2. The molecule has 2 aromatic carbocycles. The Kier molecular flexibility index (Phi) is 15.7. The number of rotatable bonds is 20. The van der Waals surface area contributed by atoms with Crippen LogP contribution in [0, 0.1) is 11.8 Å². The summed E-state index contributed by atoms with van der Waals surface area (Å²) in [4.78, 5) is 23.8. The van der Waals surface area contributed by atoms with Gasteiger partial charge in [-0.05, 0) is 111 Å². The second kappa shape index (κ2) is 19.7. The minimum Gasteiger partial charge on any atom is -0.490 e. The third-order valence-corrected chi connectivity index (χ3v) is 8.67. The van der Waals surface area contributed by atoms with E-state index < -0.39 is 12.6 Å². The molecule has 246 valence electrons. The number of hydrogen-bond donors (Lipinski definition) is 1. The maximum absolute atomic E-state index is 11.9. The molecule has 3 rings (SSSR count). The molecular weight excluding hydrogens is 568 g/mol. The van der Waals surface area contributed by atoms with E-state index in [9.17, 15) is 9.59 Å². The number of carbonyl (C=O) groups is 2. The summed E-state index contributed by atoms with van der Waals surface area (Å²) in [6.45, 7) is 12.1. The monoisotopic (exact) mass is 620 g/mol. The van der Waals surface area contributed by atoms with Gasteiger partial charge in [-0.15, -0.1) is 0 Å². The molecule has 1 unspecified atom stereocenters. The van der Waals surface area contributed by atoms with Crippen LogP contribution >= 0.6 is 0 Å². The molecule has 0 radical (unpaired) electrons. The minimum atomic E-state index is -0.573. The number of ether oxygens (including phenoxy) is 4. The smallest absolute Gasteiger partial charge is 0.335 e. The first-order valence-corrected chi connectivity index (χ1v) is 16.5. The van der Waals surface area contributed by atoms with E-state index in [2.05, 4.69) is 44.3 Å². The van der Waals surface area contributed by atoms with E-state index in [1.165, 1.54) is 30.4 Å². The Balaban J connectivity index is 1.42. The van der Waals surface area contributed by atoms with E-state index >= 15 is 0 Å². The Morgan fingerprint density at radius 2 is 1.36 bits per heavy atom. The zero-order valence-corrected chi connectivity index (χ0v) is 27.3. The molecule has 0 bridgehead atoms. The van der Waals surface area contributed by atoms with Crippen LogP contribution in [0.15, 0.2) is 72.8 Å². The molecule has 1 aliphatic carbocycles. The van der Waals surface area contributed by atoms with Crippen molar-refractivity contribution in [2.75, 3.05) is 33.0 Å². The molecule has 0 saturated heterocycles. The summed E-state index contributed by atoms with van der Waals surface area (Å²) in [5, 5.41) is 9.12. The molecule has 0 spiro atoms. The van der Waals surface area contributed by atoms with Crippen molar-refractivity contribution in [2.24, 2.45) is 11.8 Å². The summed E-state index contributed by atoms with van der Waals surface area (Å²) < 4.78 is 22.5. The van der Waals surface area contributed by atoms with Crippen molar-refractivity contribution < 1.29 is 33.6 Å². The largest absolute Gasteiger partial charge is 0.490 e. The van der Waals surface area contributed by atoms with Crippen LogP contribution in [-0.4, -0.2) is 50.1 Å². The SMILES string of the molecule is C=C(C)C(=O)OCCC(CCOC(=O)C(=C)CO)C1CCC(c2ccc(OCCOc3ccc(CCCCC)cc3)cc2)CC1. The van der Waals surface area contributed by atoms with Gasteiger partial charge in [-0.2, -0.15) is 0 Å². The summed E-state index contributed by atoms with van der Waals surface area (Å²) in [7, 11) is 0. The lowest BCUT2D eigenvalue weighted by Gasteiger charge is -2.34. The van der Waals surface area contributed by atoms with E-state index in [0.29, 0.717) is 50.1 Å². The standard InChI is InChI=1S/C38H52O7/c1-5-6-7-8-30-9-17-35(18-10-30)42-25-26-43-36-19-15-33(16-20-36)31-11-13-32(14-12-31)34(21-23-44-37(40)28(2)3)22-24-45-38(41)29(4)27-39/h9-10,15-20,31-32,34,39H,2,4-8,11-14,21-27H2,1,3H3. The summed E-state index contributed by atoms with van der Waals surface area (Å²) >= 11 is 0. The lowest BCUT2D eigenvalue weighted by Crippen LogP contribution is -2.25. The second-order valence-corrected chi connectivity index (χ2v) is 12.1. The van der Waals surface area contributed by atoms with E-state index in [0.717, 1.165) is 43.6 Å². The van der Waals surface area contributed by atoms with Crippen LogP contribution in [0.2, 0.25) is 0 Å². The molecule has 0 aliphatic heterocycles.